The van der Waals surface area contributed by atoms with E-state index in [9.17, 15) is 19.2 Å². The molecule has 4 amide bonds. The number of benzene rings is 1. The fourth-order valence-corrected chi connectivity index (χ4v) is 2.24. The molecule has 0 aromatic heterocycles. The Morgan fingerprint density at radius 2 is 1.87 bits per heavy atom. The summed E-state index contributed by atoms with van der Waals surface area (Å²) in [5, 5.41) is 15.8. The fraction of sp³-hybridized carbons (Fsp3) is 0.333. The van der Waals surface area contributed by atoms with Crippen molar-refractivity contribution in [2.24, 2.45) is 0 Å². The summed E-state index contributed by atoms with van der Waals surface area (Å²) in [4.78, 5) is 45.4. The van der Waals surface area contributed by atoms with Crippen molar-refractivity contribution in [2.75, 3.05) is 6.54 Å². The maximum atomic E-state index is 11.9. The highest BCUT2D eigenvalue weighted by Crippen LogP contribution is 2.24. The molecule has 122 valence electrons. The van der Waals surface area contributed by atoms with E-state index >= 15 is 0 Å². The van der Waals surface area contributed by atoms with E-state index in [2.05, 4.69) is 16.0 Å². The van der Waals surface area contributed by atoms with Crippen LogP contribution in [0, 0.1) is 0 Å². The summed E-state index contributed by atoms with van der Waals surface area (Å²) >= 11 is 0. The molecule has 0 bridgehead atoms. The van der Waals surface area contributed by atoms with Crippen molar-refractivity contribution in [3.05, 3.63) is 35.4 Å². The maximum Gasteiger partial charge on any atom is 0.322 e. The van der Waals surface area contributed by atoms with Gasteiger partial charge in [-0.15, -0.1) is 0 Å². The van der Waals surface area contributed by atoms with Gasteiger partial charge in [0.25, 0.3) is 11.8 Å². The van der Waals surface area contributed by atoms with Crippen LogP contribution in [-0.4, -0.2) is 35.5 Å². The van der Waals surface area contributed by atoms with E-state index in [1.807, 2.05) is 0 Å². The first-order valence-electron chi connectivity index (χ1n) is 7.07. The molecule has 8 heteroatoms. The summed E-state index contributed by atoms with van der Waals surface area (Å²) < 4.78 is 0. The van der Waals surface area contributed by atoms with Crippen molar-refractivity contribution in [3.8, 4) is 0 Å². The van der Waals surface area contributed by atoms with Gasteiger partial charge in [0.15, 0.2) is 0 Å². The third-order valence-corrected chi connectivity index (χ3v) is 3.62. The van der Waals surface area contributed by atoms with Gasteiger partial charge in [-0.1, -0.05) is 12.1 Å². The molecule has 23 heavy (non-hydrogen) atoms. The van der Waals surface area contributed by atoms with E-state index in [0.29, 0.717) is 17.5 Å². The topological polar surface area (TPSA) is 125 Å². The van der Waals surface area contributed by atoms with Gasteiger partial charge in [-0.2, -0.15) is 0 Å². The van der Waals surface area contributed by atoms with Crippen LogP contribution in [0.2, 0.25) is 0 Å². The molecule has 1 fully saturated rings. The number of urea groups is 1. The van der Waals surface area contributed by atoms with Crippen molar-refractivity contribution in [1.29, 1.82) is 0 Å². The first kappa shape index (κ1) is 16.5. The number of carboxylic acids is 1. The Morgan fingerprint density at radius 1 is 1.22 bits per heavy atom. The minimum absolute atomic E-state index is 0.00756. The standard InChI is InChI=1S/C15H17N3O5/c1-15(13(22)17-14(23)18-15)10-6-4-9(5-7-10)12(21)16-8-2-3-11(19)20/h4-7H,2-3,8H2,1H3,(H,16,21)(H,19,20)(H2,17,18,22,23). The van der Waals surface area contributed by atoms with Crippen molar-refractivity contribution in [3.63, 3.8) is 0 Å². The third-order valence-electron chi connectivity index (χ3n) is 3.62. The Balaban J connectivity index is 1.99. The van der Waals surface area contributed by atoms with Crippen LogP contribution >= 0.6 is 0 Å². The monoisotopic (exact) mass is 319 g/mol. The van der Waals surface area contributed by atoms with Gasteiger partial charge < -0.3 is 15.7 Å². The summed E-state index contributed by atoms with van der Waals surface area (Å²) in [6.45, 7) is 1.84. The summed E-state index contributed by atoms with van der Waals surface area (Å²) in [6, 6.07) is 5.72. The molecule has 1 aromatic rings. The predicted octanol–water partition coefficient (Wildman–Crippen LogP) is 0.336. The van der Waals surface area contributed by atoms with Crippen molar-refractivity contribution in [2.45, 2.75) is 25.3 Å². The molecule has 1 atom stereocenters. The Labute approximate surface area is 132 Å². The van der Waals surface area contributed by atoms with E-state index < -0.39 is 23.4 Å². The number of amides is 4. The number of rotatable bonds is 6. The molecule has 1 aliphatic rings. The second-order valence-corrected chi connectivity index (χ2v) is 5.36. The molecule has 1 aliphatic heterocycles. The highest BCUT2D eigenvalue weighted by Gasteiger charge is 2.43. The SMILES string of the molecule is CC1(c2ccc(C(=O)NCCCC(=O)O)cc2)NC(=O)NC1=O. The van der Waals surface area contributed by atoms with Crippen LogP contribution in [0.1, 0.15) is 35.7 Å². The molecule has 4 N–H and O–H groups in total. The number of nitrogens with one attached hydrogen (secondary N) is 3. The largest absolute Gasteiger partial charge is 0.481 e. The number of carbonyl (C=O) groups is 4. The molecule has 1 unspecified atom stereocenters. The molecule has 1 aromatic carbocycles. The number of hydrogen-bond acceptors (Lipinski definition) is 4. The number of carbonyl (C=O) groups excluding carboxylic acids is 3. The zero-order chi connectivity index (χ0) is 17.0. The average molecular weight is 319 g/mol. The van der Waals surface area contributed by atoms with E-state index in [4.69, 9.17) is 5.11 Å². The normalized spacial score (nSPS) is 19.9. The van der Waals surface area contributed by atoms with Crippen LogP contribution in [0.4, 0.5) is 4.79 Å². The van der Waals surface area contributed by atoms with Crippen molar-refractivity contribution >= 4 is 23.8 Å². The van der Waals surface area contributed by atoms with Gasteiger partial charge in [-0.25, -0.2) is 4.79 Å². The lowest BCUT2D eigenvalue weighted by Crippen LogP contribution is -2.40. The van der Waals surface area contributed by atoms with Crippen LogP contribution < -0.4 is 16.0 Å². The smallest absolute Gasteiger partial charge is 0.322 e. The van der Waals surface area contributed by atoms with Crippen LogP contribution in [-0.2, 0) is 15.1 Å². The lowest BCUT2D eigenvalue weighted by molar-refractivity contribution is -0.137. The maximum absolute atomic E-state index is 11.9. The lowest BCUT2D eigenvalue weighted by Gasteiger charge is -2.21. The van der Waals surface area contributed by atoms with E-state index in [-0.39, 0.29) is 18.9 Å². The molecule has 2 rings (SSSR count). The second kappa shape index (κ2) is 6.47. The third kappa shape index (κ3) is 3.65. The molecule has 1 saturated heterocycles. The summed E-state index contributed by atoms with van der Waals surface area (Å²) in [5.74, 6) is -1.69. The van der Waals surface area contributed by atoms with Gasteiger partial charge in [0, 0.05) is 18.5 Å². The summed E-state index contributed by atoms with van der Waals surface area (Å²) in [5.41, 5.74) is -0.214. The van der Waals surface area contributed by atoms with Crippen molar-refractivity contribution in [1.82, 2.24) is 16.0 Å². The Kier molecular flexibility index (Phi) is 4.63. The van der Waals surface area contributed by atoms with E-state index in [0.717, 1.165) is 0 Å². The van der Waals surface area contributed by atoms with Crippen LogP contribution in [0.25, 0.3) is 0 Å². The summed E-state index contributed by atoms with van der Waals surface area (Å²) in [6.07, 6.45) is 0.343. The Hall–Kier alpha value is -2.90. The van der Waals surface area contributed by atoms with Crippen LogP contribution in [0.5, 0.6) is 0 Å². The van der Waals surface area contributed by atoms with Gasteiger partial charge in [0.1, 0.15) is 5.54 Å². The van der Waals surface area contributed by atoms with Gasteiger partial charge >= 0.3 is 12.0 Å². The molecule has 0 aliphatic carbocycles. The number of carboxylic acid groups (broad SMARTS) is 1. The molecule has 0 spiro atoms. The number of hydrogen-bond donors (Lipinski definition) is 4. The Morgan fingerprint density at radius 3 is 2.39 bits per heavy atom. The van der Waals surface area contributed by atoms with Gasteiger partial charge in [0.05, 0.1) is 0 Å². The first-order valence-corrected chi connectivity index (χ1v) is 7.07. The molecular formula is C15H17N3O5. The molecule has 8 nitrogen and oxygen atoms in total. The molecule has 0 saturated carbocycles. The zero-order valence-corrected chi connectivity index (χ0v) is 12.5. The minimum Gasteiger partial charge on any atom is -0.481 e. The fourth-order valence-electron chi connectivity index (χ4n) is 2.24. The second-order valence-electron chi connectivity index (χ2n) is 5.36. The van der Waals surface area contributed by atoms with Crippen LogP contribution in [0.15, 0.2) is 24.3 Å². The zero-order valence-electron chi connectivity index (χ0n) is 12.5. The summed E-state index contributed by atoms with van der Waals surface area (Å²) in [7, 11) is 0. The molecule has 1 heterocycles. The number of aliphatic carboxylic acids is 1. The minimum atomic E-state index is -1.16. The predicted molar refractivity (Wildman–Crippen MR) is 79.7 cm³/mol. The quantitative estimate of drug-likeness (QED) is 0.444. The van der Waals surface area contributed by atoms with E-state index in [1.165, 1.54) is 0 Å². The number of imide groups is 1. The van der Waals surface area contributed by atoms with Gasteiger partial charge in [-0.05, 0) is 31.0 Å². The highest BCUT2D eigenvalue weighted by atomic mass is 16.4. The van der Waals surface area contributed by atoms with Crippen molar-refractivity contribution < 1.29 is 24.3 Å². The molecule has 0 radical (unpaired) electrons. The van der Waals surface area contributed by atoms with Gasteiger partial charge in [-0.3, -0.25) is 19.7 Å². The van der Waals surface area contributed by atoms with Crippen LogP contribution in [0.3, 0.4) is 0 Å². The van der Waals surface area contributed by atoms with E-state index in [1.54, 1.807) is 31.2 Å². The first-order chi connectivity index (χ1) is 10.8. The van der Waals surface area contributed by atoms with Gasteiger partial charge in [0.2, 0.25) is 0 Å². The Bertz CT molecular complexity index is 656. The average Bonchev–Trinajstić information content (AvgIpc) is 2.77. The highest BCUT2D eigenvalue weighted by molar-refractivity contribution is 6.07. The lowest BCUT2D eigenvalue weighted by atomic mass is 9.91. The molecular weight excluding hydrogens is 302 g/mol.